The van der Waals surface area contributed by atoms with Crippen LogP contribution >= 0.6 is 27.3 Å². The van der Waals surface area contributed by atoms with Crippen molar-refractivity contribution in [1.29, 1.82) is 0 Å². The van der Waals surface area contributed by atoms with Crippen molar-refractivity contribution < 1.29 is 33.6 Å². The molecule has 0 aliphatic heterocycles. The standard InChI is InChI=1S/C39H47BrN12O7S/c1-49-20-24(16-27(49)35(55)43-13-9-33(53)42-12-6-5-11-41)46-37(57)29-15-23(19-51(29)3)45-34(54)10-14-44-36(56)28-17-25(21-50(28)2)47-38(58)30-18-26(22-52(30)4)48-39(59)31-7-8-32(40)60-31/h7-8,15-22H,5-6,9-14,41H2,1-4H3,(H,42,53)(H,43,55)(H,44,56)(H,45,54)(H,46,57)(H,47,58)(H,48,59). The van der Waals surface area contributed by atoms with Crippen molar-refractivity contribution in [2.24, 2.45) is 33.9 Å². The number of halogens is 1. The summed E-state index contributed by atoms with van der Waals surface area (Å²) in [6.45, 7) is 1.24. The quantitative estimate of drug-likeness (QED) is 0.0570. The summed E-state index contributed by atoms with van der Waals surface area (Å²) < 4.78 is 7.03. The molecule has 0 bridgehead atoms. The minimum absolute atomic E-state index is 0.00430. The number of hydrogen-bond donors (Lipinski definition) is 8. The van der Waals surface area contributed by atoms with Crippen LogP contribution in [0.1, 0.15) is 77.3 Å². The number of hydrogen-bond acceptors (Lipinski definition) is 9. The predicted octanol–water partition coefficient (Wildman–Crippen LogP) is 3.36. The fourth-order valence-corrected chi connectivity index (χ4v) is 7.30. The van der Waals surface area contributed by atoms with Gasteiger partial charge in [0.1, 0.15) is 22.8 Å². The lowest BCUT2D eigenvalue weighted by atomic mass is 10.3. The maximum Gasteiger partial charge on any atom is 0.272 e. The number of nitrogens with zero attached hydrogens (tertiary/aromatic N) is 4. The highest BCUT2D eigenvalue weighted by Crippen LogP contribution is 2.24. The maximum atomic E-state index is 13.1. The van der Waals surface area contributed by atoms with Gasteiger partial charge in [-0.3, -0.25) is 33.6 Å². The van der Waals surface area contributed by atoms with Crippen molar-refractivity contribution in [3.63, 3.8) is 0 Å². The van der Waals surface area contributed by atoms with E-state index in [0.717, 1.165) is 16.6 Å². The minimum Gasteiger partial charge on any atom is -0.356 e. The Morgan fingerprint density at radius 2 is 0.950 bits per heavy atom. The van der Waals surface area contributed by atoms with Gasteiger partial charge in [0.25, 0.3) is 29.5 Å². The SMILES string of the molecule is Cn1cc(NC(=O)c2cc(NC(=O)CCNC(=O)c3cc(NC(=O)c4cc(NC(=O)c5ccc(Br)s5)cn4C)cn3C)cn2C)cc1C(=O)NCCC(=O)NCCCCN. The van der Waals surface area contributed by atoms with Gasteiger partial charge in [-0.25, -0.2) is 0 Å². The van der Waals surface area contributed by atoms with Crippen molar-refractivity contribution in [1.82, 2.24) is 34.2 Å². The highest BCUT2D eigenvalue weighted by atomic mass is 79.9. The third-order valence-corrected chi connectivity index (χ3v) is 10.7. The second-order valence-corrected chi connectivity index (χ2v) is 16.2. The third kappa shape index (κ3) is 12.1. The van der Waals surface area contributed by atoms with Crippen LogP contribution in [-0.2, 0) is 37.8 Å². The molecule has 0 unspecified atom stereocenters. The summed E-state index contributed by atoms with van der Waals surface area (Å²) in [6, 6.07) is 9.54. The van der Waals surface area contributed by atoms with Crippen LogP contribution in [0.25, 0.3) is 0 Å². The van der Waals surface area contributed by atoms with Crippen LogP contribution < -0.4 is 43.0 Å². The molecule has 0 atom stereocenters. The Morgan fingerprint density at radius 3 is 1.38 bits per heavy atom. The smallest absolute Gasteiger partial charge is 0.272 e. The average Bonchev–Trinajstić information content (AvgIpc) is 4.02. The number of carbonyl (C=O) groups excluding carboxylic acids is 7. The number of anilines is 4. The van der Waals surface area contributed by atoms with Crippen LogP contribution in [0.5, 0.6) is 0 Å². The Labute approximate surface area is 357 Å². The molecule has 0 aliphatic carbocycles. The van der Waals surface area contributed by atoms with Gasteiger partial charge in [0.05, 0.1) is 31.4 Å². The second-order valence-electron chi connectivity index (χ2n) is 13.8. The van der Waals surface area contributed by atoms with E-state index in [1.165, 1.54) is 34.1 Å². The van der Waals surface area contributed by atoms with Crippen molar-refractivity contribution >= 4 is 91.4 Å². The molecular weight excluding hydrogens is 860 g/mol. The van der Waals surface area contributed by atoms with Crippen molar-refractivity contribution in [3.8, 4) is 0 Å². The molecule has 7 amide bonds. The first-order valence-corrected chi connectivity index (χ1v) is 20.4. The molecule has 5 aromatic heterocycles. The number of aromatic nitrogens is 4. The molecule has 318 valence electrons. The number of aryl methyl sites for hydroxylation is 4. The lowest BCUT2D eigenvalue weighted by Crippen LogP contribution is -2.32. The highest BCUT2D eigenvalue weighted by molar-refractivity contribution is 9.11. The Morgan fingerprint density at radius 1 is 0.533 bits per heavy atom. The molecule has 0 saturated heterocycles. The van der Waals surface area contributed by atoms with E-state index in [-0.39, 0.29) is 60.5 Å². The van der Waals surface area contributed by atoms with Crippen molar-refractivity contribution in [2.45, 2.75) is 25.7 Å². The number of thiophene rings is 1. The van der Waals surface area contributed by atoms with Gasteiger partial charge in [0, 0.05) is 85.5 Å². The summed E-state index contributed by atoms with van der Waals surface area (Å²) in [7, 11) is 6.62. The molecular formula is C39H47BrN12O7S. The molecule has 5 rings (SSSR count). The van der Waals surface area contributed by atoms with E-state index in [1.807, 2.05) is 0 Å². The van der Waals surface area contributed by atoms with Gasteiger partial charge < -0.3 is 61.2 Å². The van der Waals surface area contributed by atoms with Gasteiger partial charge in [-0.1, -0.05) is 0 Å². The summed E-state index contributed by atoms with van der Waals surface area (Å²) in [5.74, 6) is -2.68. The van der Waals surface area contributed by atoms with Gasteiger partial charge in [-0.2, -0.15) is 0 Å². The summed E-state index contributed by atoms with van der Waals surface area (Å²) in [4.78, 5) is 89.8. The zero-order valence-electron chi connectivity index (χ0n) is 33.4. The molecule has 19 nitrogen and oxygen atoms in total. The predicted molar refractivity (Wildman–Crippen MR) is 231 cm³/mol. The number of nitrogens with two attached hydrogens (primary N) is 1. The van der Waals surface area contributed by atoms with E-state index in [2.05, 4.69) is 53.1 Å². The molecule has 0 radical (unpaired) electrons. The number of carbonyl (C=O) groups is 7. The Hall–Kier alpha value is -6.45. The lowest BCUT2D eigenvalue weighted by Gasteiger charge is -2.07. The summed E-state index contributed by atoms with van der Waals surface area (Å²) in [5.41, 5.74) is 8.04. The second kappa shape index (κ2) is 20.5. The van der Waals surface area contributed by atoms with Crippen LogP contribution in [0.2, 0.25) is 0 Å². The van der Waals surface area contributed by atoms with Crippen LogP contribution in [-0.4, -0.2) is 85.8 Å². The fraction of sp³-hybridized carbons (Fsp3) is 0.308. The normalized spacial score (nSPS) is 10.8. The van der Waals surface area contributed by atoms with Gasteiger partial charge >= 0.3 is 0 Å². The number of nitrogens with one attached hydrogen (secondary N) is 7. The van der Waals surface area contributed by atoms with Crippen LogP contribution in [0.4, 0.5) is 22.7 Å². The monoisotopic (exact) mass is 906 g/mol. The third-order valence-electron chi connectivity index (χ3n) is 9.03. The molecule has 5 aromatic rings. The number of rotatable bonds is 19. The largest absolute Gasteiger partial charge is 0.356 e. The first-order valence-electron chi connectivity index (χ1n) is 18.8. The molecule has 0 saturated carbocycles. The zero-order valence-corrected chi connectivity index (χ0v) is 35.8. The zero-order chi connectivity index (χ0) is 43.5. The molecule has 5 heterocycles. The molecule has 0 fully saturated rings. The number of amides is 7. The Kier molecular flexibility index (Phi) is 15.2. The molecule has 0 spiro atoms. The van der Waals surface area contributed by atoms with Crippen LogP contribution in [0, 0.1) is 0 Å². The first-order chi connectivity index (χ1) is 28.6. The first kappa shape index (κ1) is 44.6. The van der Waals surface area contributed by atoms with Gasteiger partial charge in [-0.05, 0) is 71.7 Å². The fourth-order valence-electron chi connectivity index (χ4n) is 6.02. The van der Waals surface area contributed by atoms with Crippen LogP contribution in [0.3, 0.4) is 0 Å². The lowest BCUT2D eigenvalue weighted by molar-refractivity contribution is -0.121. The molecule has 21 heteroatoms. The topological polar surface area (TPSA) is 249 Å². The average molecular weight is 908 g/mol. The minimum atomic E-state index is -0.479. The summed E-state index contributed by atoms with van der Waals surface area (Å²) >= 11 is 4.63. The van der Waals surface area contributed by atoms with E-state index in [9.17, 15) is 33.6 Å². The molecule has 0 aliphatic rings. The highest BCUT2D eigenvalue weighted by Gasteiger charge is 2.20. The van der Waals surface area contributed by atoms with E-state index in [4.69, 9.17) is 5.73 Å². The molecule has 60 heavy (non-hydrogen) atoms. The Bertz CT molecular complexity index is 2400. The van der Waals surface area contributed by atoms with E-state index in [1.54, 1.807) is 84.9 Å². The van der Waals surface area contributed by atoms with E-state index < -0.39 is 29.5 Å². The van der Waals surface area contributed by atoms with Gasteiger partial charge in [-0.15, -0.1) is 11.3 Å². The van der Waals surface area contributed by atoms with Crippen LogP contribution in [0.15, 0.2) is 65.0 Å². The summed E-state index contributed by atoms with van der Waals surface area (Å²) in [5, 5.41) is 19.2. The summed E-state index contributed by atoms with van der Waals surface area (Å²) in [6.07, 6.45) is 8.01. The molecule has 0 aromatic carbocycles. The van der Waals surface area contributed by atoms with Gasteiger partial charge in [0.15, 0.2) is 0 Å². The van der Waals surface area contributed by atoms with E-state index >= 15 is 0 Å². The number of unbranched alkanes of at least 4 members (excludes halogenated alkanes) is 1. The van der Waals surface area contributed by atoms with E-state index in [0.29, 0.717) is 40.7 Å². The van der Waals surface area contributed by atoms with Crippen molar-refractivity contribution in [2.75, 3.05) is 47.4 Å². The van der Waals surface area contributed by atoms with Crippen molar-refractivity contribution in [3.05, 3.63) is 92.6 Å². The Balaban J connectivity index is 1.05. The molecule has 9 N–H and O–H groups in total. The van der Waals surface area contributed by atoms with Gasteiger partial charge in [0.2, 0.25) is 11.8 Å². The maximum absolute atomic E-state index is 13.1.